The second-order valence-electron chi connectivity index (χ2n) is 7.04. The van der Waals surface area contributed by atoms with Crippen molar-refractivity contribution in [3.8, 4) is 5.69 Å². The Morgan fingerprint density at radius 2 is 1.84 bits per heavy atom. The van der Waals surface area contributed by atoms with E-state index in [4.69, 9.17) is 9.72 Å². The third-order valence-corrected chi connectivity index (χ3v) is 3.77. The molecule has 130 valence electrons. The number of rotatable bonds is 3. The highest BCUT2D eigenvalue weighted by molar-refractivity contribution is 5.78. The molecule has 0 saturated carbocycles. The quantitative estimate of drug-likeness (QED) is 0.759. The molecule has 3 rings (SSSR count). The van der Waals surface area contributed by atoms with E-state index in [0.29, 0.717) is 0 Å². The van der Waals surface area contributed by atoms with Gasteiger partial charge in [0.1, 0.15) is 11.2 Å². The number of nitrogens with one attached hydrogen (secondary N) is 1. The van der Waals surface area contributed by atoms with E-state index in [1.165, 1.54) is 0 Å². The molecule has 2 aromatic heterocycles. The lowest BCUT2D eigenvalue weighted by atomic mass is 10.2. The summed E-state index contributed by atoms with van der Waals surface area (Å²) in [4.78, 5) is 16.7. The molecule has 0 aliphatic heterocycles. The molecule has 0 aliphatic carbocycles. The van der Waals surface area contributed by atoms with E-state index in [1.807, 2.05) is 87.0 Å². The summed E-state index contributed by atoms with van der Waals surface area (Å²) in [5, 5.41) is 3.89. The van der Waals surface area contributed by atoms with Gasteiger partial charge in [0.2, 0.25) is 0 Å². The molecule has 0 aliphatic rings. The fourth-order valence-corrected chi connectivity index (χ4v) is 2.62. The van der Waals surface area contributed by atoms with Crippen LogP contribution in [0.5, 0.6) is 0 Å². The van der Waals surface area contributed by atoms with Gasteiger partial charge in [0.05, 0.1) is 11.7 Å². The van der Waals surface area contributed by atoms with E-state index in [9.17, 15) is 4.79 Å². The van der Waals surface area contributed by atoms with Gasteiger partial charge in [-0.3, -0.25) is 0 Å². The van der Waals surface area contributed by atoms with Gasteiger partial charge in [0.15, 0.2) is 0 Å². The topological polar surface area (TPSA) is 56.1 Å². The highest BCUT2D eigenvalue weighted by atomic mass is 16.6. The minimum absolute atomic E-state index is 0.252. The van der Waals surface area contributed by atoms with Crippen molar-refractivity contribution in [2.24, 2.45) is 0 Å². The normalized spacial score (nSPS) is 12.8. The SMILES string of the molecule is C[C@@H](NC(=O)OC(C)(C)C)c1ccc2ccn(-c3ccccc3)c2n1. The number of carbonyl (C=O) groups excluding carboxylic acids is 1. The van der Waals surface area contributed by atoms with E-state index in [0.717, 1.165) is 22.4 Å². The Bertz CT molecular complexity index is 879. The van der Waals surface area contributed by atoms with Crippen molar-refractivity contribution < 1.29 is 9.53 Å². The molecule has 1 aromatic carbocycles. The summed E-state index contributed by atoms with van der Waals surface area (Å²) in [6.45, 7) is 7.42. The zero-order valence-electron chi connectivity index (χ0n) is 15.0. The first-order valence-corrected chi connectivity index (χ1v) is 8.36. The summed E-state index contributed by atoms with van der Waals surface area (Å²) >= 11 is 0. The third kappa shape index (κ3) is 3.99. The van der Waals surface area contributed by atoms with Gasteiger partial charge in [-0.05, 0) is 58.0 Å². The minimum Gasteiger partial charge on any atom is -0.444 e. The van der Waals surface area contributed by atoms with E-state index < -0.39 is 11.7 Å². The number of hydrogen-bond donors (Lipinski definition) is 1. The molecule has 1 atom stereocenters. The first-order chi connectivity index (χ1) is 11.8. The molecule has 0 unspecified atom stereocenters. The fourth-order valence-electron chi connectivity index (χ4n) is 2.62. The number of alkyl carbamates (subject to hydrolysis) is 1. The predicted molar refractivity (Wildman–Crippen MR) is 98.9 cm³/mol. The molecule has 0 bridgehead atoms. The highest BCUT2D eigenvalue weighted by Crippen LogP contribution is 2.21. The van der Waals surface area contributed by atoms with Crippen LogP contribution in [-0.2, 0) is 4.74 Å². The number of para-hydroxylation sites is 1. The van der Waals surface area contributed by atoms with Gasteiger partial charge in [-0.1, -0.05) is 18.2 Å². The molecule has 0 radical (unpaired) electrons. The van der Waals surface area contributed by atoms with E-state index >= 15 is 0 Å². The molecular weight excluding hydrogens is 314 g/mol. The summed E-state index contributed by atoms with van der Waals surface area (Å²) in [7, 11) is 0. The van der Waals surface area contributed by atoms with Gasteiger partial charge < -0.3 is 14.6 Å². The standard InChI is InChI=1S/C20H23N3O2/c1-14(21-19(24)25-20(2,3)4)17-11-10-15-12-13-23(18(15)22-17)16-8-6-5-7-9-16/h5-14H,1-4H3,(H,21,24)/t14-/m1/s1. The molecule has 0 saturated heterocycles. The van der Waals surface area contributed by atoms with Crippen molar-refractivity contribution in [2.75, 3.05) is 0 Å². The fraction of sp³-hybridized carbons (Fsp3) is 0.300. The molecule has 1 N–H and O–H groups in total. The zero-order chi connectivity index (χ0) is 18.0. The molecule has 3 aromatic rings. The average Bonchev–Trinajstić information content (AvgIpc) is 2.96. The van der Waals surface area contributed by atoms with Gasteiger partial charge in [0, 0.05) is 17.3 Å². The Labute approximate surface area is 147 Å². The van der Waals surface area contributed by atoms with Crippen LogP contribution in [0.4, 0.5) is 4.79 Å². The van der Waals surface area contributed by atoms with Crippen molar-refractivity contribution in [1.82, 2.24) is 14.9 Å². The molecule has 5 heteroatoms. The van der Waals surface area contributed by atoms with Crippen LogP contribution < -0.4 is 5.32 Å². The van der Waals surface area contributed by atoms with Crippen LogP contribution in [0.2, 0.25) is 0 Å². The van der Waals surface area contributed by atoms with Crippen LogP contribution in [-0.4, -0.2) is 21.2 Å². The Morgan fingerprint density at radius 1 is 1.12 bits per heavy atom. The predicted octanol–water partition coefficient (Wildman–Crippen LogP) is 4.61. The Morgan fingerprint density at radius 3 is 2.52 bits per heavy atom. The summed E-state index contributed by atoms with van der Waals surface area (Å²) in [6.07, 6.45) is 1.56. The lowest BCUT2D eigenvalue weighted by Gasteiger charge is -2.21. The van der Waals surface area contributed by atoms with Gasteiger partial charge in [-0.2, -0.15) is 0 Å². The number of fused-ring (bicyclic) bond motifs is 1. The lowest BCUT2D eigenvalue weighted by molar-refractivity contribution is 0.0507. The van der Waals surface area contributed by atoms with Gasteiger partial charge >= 0.3 is 6.09 Å². The van der Waals surface area contributed by atoms with E-state index in [-0.39, 0.29) is 6.04 Å². The van der Waals surface area contributed by atoms with Crippen LogP contribution in [0.3, 0.4) is 0 Å². The van der Waals surface area contributed by atoms with Crippen LogP contribution in [0.1, 0.15) is 39.4 Å². The van der Waals surface area contributed by atoms with Crippen molar-refractivity contribution >= 4 is 17.1 Å². The highest BCUT2D eigenvalue weighted by Gasteiger charge is 2.19. The van der Waals surface area contributed by atoms with Gasteiger partial charge in [-0.25, -0.2) is 9.78 Å². The molecule has 2 heterocycles. The number of aromatic nitrogens is 2. The second-order valence-corrected chi connectivity index (χ2v) is 7.04. The number of amides is 1. The van der Waals surface area contributed by atoms with E-state index in [1.54, 1.807) is 0 Å². The summed E-state index contributed by atoms with van der Waals surface area (Å²) in [5.74, 6) is 0. The number of hydrogen-bond acceptors (Lipinski definition) is 3. The first-order valence-electron chi connectivity index (χ1n) is 8.36. The van der Waals surface area contributed by atoms with Crippen LogP contribution in [0, 0.1) is 0 Å². The Hall–Kier alpha value is -2.82. The van der Waals surface area contributed by atoms with Crippen molar-refractivity contribution in [2.45, 2.75) is 39.3 Å². The molecule has 25 heavy (non-hydrogen) atoms. The summed E-state index contributed by atoms with van der Waals surface area (Å²) < 4.78 is 7.35. The molecule has 1 amide bonds. The zero-order valence-corrected chi connectivity index (χ0v) is 15.0. The minimum atomic E-state index is -0.525. The average molecular weight is 337 g/mol. The summed E-state index contributed by atoms with van der Waals surface area (Å²) in [5.41, 5.74) is 2.18. The number of benzene rings is 1. The molecule has 0 fully saturated rings. The monoisotopic (exact) mass is 337 g/mol. The van der Waals surface area contributed by atoms with Crippen LogP contribution in [0.15, 0.2) is 54.7 Å². The Kier molecular flexibility index (Phi) is 4.49. The third-order valence-electron chi connectivity index (χ3n) is 3.77. The first kappa shape index (κ1) is 17.0. The Balaban J connectivity index is 1.87. The second kappa shape index (κ2) is 6.59. The number of pyridine rings is 1. The number of nitrogens with zero attached hydrogens (tertiary/aromatic N) is 2. The van der Waals surface area contributed by atoms with E-state index in [2.05, 4.69) is 5.32 Å². The number of ether oxygens (including phenoxy) is 1. The van der Waals surface area contributed by atoms with Crippen molar-refractivity contribution in [1.29, 1.82) is 0 Å². The maximum atomic E-state index is 12.0. The van der Waals surface area contributed by atoms with Crippen LogP contribution >= 0.6 is 0 Å². The molecular formula is C20H23N3O2. The smallest absolute Gasteiger partial charge is 0.408 e. The number of carbonyl (C=O) groups is 1. The maximum Gasteiger partial charge on any atom is 0.408 e. The van der Waals surface area contributed by atoms with Crippen molar-refractivity contribution in [3.05, 3.63) is 60.4 Å². The lowest BCUT2D eigenvalue weighted by Crippen LogP contribution is -2.34. The molecule has 5 nitrogen and oxygen atoms in total. The molecule has 0 spiro atoms. The van der Waals surface area contributed by atoms with Crippen LogP contribution in [0.25, 0.3) is 16.7 Å². The summed E-state index contributed by atoms with van der Waals surface area (Å²) in [6, 6.07) is 15.8. The maximum absolute atomic E-state index is 12.0. The van der Waals surface area contributed by atoms with Crippen molar-refractivity contribution in [3.63, 3.8) is 0 Å². The van der Waals surface area contributed by atoms with Gasteiger partial charge in [-0.15, -0.1) is 0 Å². The largest absolute Gasteiger partial charge is 0.444 e. The van der Waals surface area contributed by atoms with Gasteiger partial charge in [0.25, 0.3) is 0 Å².